The molecule has 1 N–H and O–H groups in total. The van der Waals surface area contributed by atoms with Gasteiger partial charge in [-0.2, -0.15) is 0 Å². The molecule has 0 bridgehead atoms. The molecule has 4 heteroatoms. The van der Waals surface area contributed by atoms with Gasteiger partial charge in [0.1, 0.15) is 0 Å². The molecule has 0 saturated carbocycles. The predicted octanol–water partition coefficient (Wildman–Crippen LogP) is 3.64. The van der Waals surface area contributed by atoms with E-state index in [9.17, 15) is 4.57 Å². The molecule has 2 rings (SSSR count). The molecule has 0 aliphatic carbocycles. The third kappa shape index (κ3) is 5.36. The van der Waals surface area contributed by atoms with Crippen LogP contribution in [0.25, 0.3) is 11.1 Å². The van der Waals surface area contributed by atoms with E-state index >= 15 is 0 Å². The lowest BCUT2D eigenvalue weighted by Gasteiger charge is -1.98. The summed E-state index contributed by atoms with van der Waals surface area (Å²) in [6.45, 7) is 0. The minimum Gasteiger partial charge on any atom is -0.133 e. The monoisotopic (exact) mass is 249 g/mol. The summed E-state index contributed by atoms with van der Waals surface area (Å²) in [5, 5.41) is 0. The van der Waals surface area contributed by atoms with Crippen molar-refractivity contribution in [3.63, 3.8) is 0 Å². The number of hydrogen-bond donors (Lipinski definition) is 1. The molecule has 0 fully saturated rings. The fraction of sp³-hybridized carbons (Fsp3) is 0.0769. The van der Waals surface area contributed by atoms with Crippen LogP contribution >= 0.6 is 8.25 Å². The molecule has 3 nitrogen and oxygen atoms in total. The summed E-state index contributed by atoms with van der Waals surface area (Å²) >= 11 is 0. The van der Waals surface area contributed by atoms with Gasteiger partial charge in [-0.15, -0.1) is 9.42 Å². The first-order valence-electron chi connectivity index (χ1n) is 5.04. The highest BCUT2D eigenvalue weighted by Gasteiger charge is 2.02. The van der Waals surface area contributed by atoms with Gasteiger partial charge >= 0.3 is 8.25 Å². The smallest absolute Gasteiger partial charge is 0.133 e. The van der Waals surface area contributed by atoms with Gasteiger partial charge in [-0.25, -0.2) is 0 Å². The molecular weight excluding hydrogens is 235 g/mol. The molecule has 0 saturated heterocycles. The lowest BCUT2D eigenvalue weighted by atomic mass is 10.1. The second kappa shape index (κ2) is 7.69. The zero-order valence-corrected chi connectivity index (χ0v) is 10.4. The summed E-state index contributed by atoms with van der Waals surface area (Å²) in [7, 11) is -1.18. The zero-order chi connectivity index (χ0) is 12.5. The molecule has 2 aromatic rings. The minimum absolute atomic E-state index is 1.17. The average molecular weight is 249 g/mol. The van der Waals surface area contributed by atoms with Crippen LogP contribution in [0.3, 0.4) is 0 Å². The fourth-order valence-corrected chi connectivity index (χ4v) is 1.26. The van der Waals surface area contributed by atoms with Crippen LogP contribution in [-0.4, -0.2) is 12.0 Å². The van der Waals surface area contributed by atoms with Crippen LogP contribution < -0.4 is 0 Å². The molecule has 17 heavy (non-hydrogen) atoms. The summed E-state index contributed by atoms with van der Waals surface area (Å²) in [6.07, 6.45) is 0. The fourth-order valence-electron chi connectivity index (χ4n) is 1.26. The molecule has 1 atom stereocenters. The van der Waals surface area contributed by atoms with Gasteiger partial charge in [0.15, 0.2) is 0 Å². The van der Waals surface area contributed by atoms with E-state index in [-0.39, 0.29) is 0 Å². The van der Waals surface area contributed by atoms with Crippen molar-refractivity contribution < 1.29 is 14.0 Å². The third-order valence-corrected chi connectivity index (χ3v) is 2.35. The van der Waals surface area contributed by atoms with E-state index in [1.165, 1.54) is 18.2 Å². The molecule has 0 aromatic heterocycles. The van der Waals surface area contributed by atoms with Crippen LogP contribution in [0.4, 0.5) is 0 Å². The normalized spacial score (nSPS) is 10.1. The SMILES string of the molecule is CO[P+](=O)O.c1ccc(-c2ccccc2)cc1. The van der Waals surface area contributed by atoms with Crippen LogP contribution in [0, 0.1) is 0 Å². The van der Waals surface area contributed by atoms with E-state index in [0.29, 0.717) is 0 Å². The molecule has 88 valence electrons. The molecule has 0 aliphatic heterocycles. The van der Waals surface area contributed by atoms with Crippen molar-refractivity contribution in [2.45, 2.75) is 0 Å². The highest BCUT2D eigenvalue weighted by molar-refractivity contribution is 7.32. The Balaban J connectivity index is 0.000000249. The minimum atomic E-state index is -2.35. The Morgan fingerprint density at radius 2 is 1.18 bits per heavy atom. The van der Waals surface area contributed by atoms with E-state index in [1.807, 2.05) is 12.1 Å². The Morgan fingerprint density at radius 1 is 0.882 bits per heavy atom. The Morgan fingerprint density at radius 3 is 1.41 bits per heavy atom. The second-order valence-corrected chi connectivity index (χ2v) is 3.99. The zero-order valence-electron chi connectivity index (χ0n) is 9.48. The Bertz CT molecular complexity index is 405. The first kappa shape index (κ1) is 13.5. The van der Waals surface area contributed by atoms with Gasteiger partial charge in [0.25, 0.3) is 0 Å². The van der Waals surface area contributed by atoms with E-state index in [2.05, 4.69) is 53.1 Å². The van der Waals surface area contributed by atoms with E-state index in [1.54, 1.807) is 0 Å². The van der Waals surface area contributed by atoms with Gasteiger partial charge in [0.05, 0.1) is 7.11 Å². The number of hydrogen-bond acceptors (Lipinski definition) is 2. The van der Waals surface area contributed by atoms with Crippen LogP contribution in [0.1, 0.15) is 0 Å². The van der Waals surface area contributed by atoms with E-state index in [0.717, 1.165) is 0 Å². The van der Waals surface area contributed by atoms with Crippen molar-refractivity contribution in [2.24, 2.45) is 0 Å². The maximum atomic E-state index is 9.29. The van der Waals surface area contributed by atoms with Crippen LogP contribution in [0.5, 0.6) is 0 Å². The van der Waals surface area contributed by atoms with Gasteiger partial charge in [-0.1, -0.05) is 60.7 Å². The first-order valence-corrected chi connectivity index (χ1v) is 6.18. The molecule has 1 unspecified atom stereocenters. The van der Waals surface area contributed by atoms with Crippen LogP contribution in [-0.2, 0) is 9.09 Å². The van der Waals surface area contributed by atoms with Gasteiger partial charge in [0.2, 0.25) is 0 Å². The van der Waals surface area contributed by atoms with Crippen LogP contribution in [0.2, 0.25) is 0 Å². The number of rotatable bonds is 2. The standard InChI is InChI=1S/C12H10.CH3O3P/c1-3-7-11(8-4-1)12-9-5-2-6-10-12;1-4-5(2)3/h1-10H;1H3/p+1. The lowest BCUT2D eigenvalue weighted by molar-refractivity contribution is 0.343. The van der Waals surface area contributed by atoms with Crippen molar-refractivity contribution in [1.29, 1.82) is 0 Å². The molecule has 0 heterocycles. The maximum Gasteiger partial charge on any atom is 0.694 e. The molecule has 0 amide bonds. The largest absolute Gasteiger partial charge is 0.694 e. The van der Waals surface area contributed by atoms with Crippen molar-refractivity contribution >= 4 is 8.25 Å². The maximum absolute atomic E-state index is 9.29. The third-order valence-electron chi connectivity index (χ3n) is 2.04. The molecule has 2 aromatic carbocycles. The Kier molecular flexibility index (Phi) is 6.12. The van der Waals surface area contributed by atoms with Gasteiger partial charge in [-0.05, 0) is 11.1 Å². The summed E-state index contributed by atoms with van der Waals surface area (Å²) < 4.78 is 13.1. The van der Waals surface area contributed by atoms with Gasteiger partial charge in [0, 0.05) is 4.57 Å². The van der Waals surface area contributed by atoms with Gasteiger partial charge in [-0.3, -0.25) is 0 Å². The van der Waals surface area contributed by atoms with Crippen molar-refractivity contribution in [3.05, 3.63) is 60.7 Å². The van der Waals surface area contributed by atoms with Crippen molar-refractivity contribution in [1.82, 2.24) is 0 Å². The lowest BCUT2D eigenvalue weighted by Crippen LogP contribution is -1.73. The Labute approximate surface area is 102 Å². The number of benzene rings is 2. The molecule has 0 radical (unpaired) electrons. The van der Waals surface area contributed by atoms with E-state index < -0.39 is 8.25 Å². The highest BCUT2D eigenvalue weighted by Crippen LogP contribution is 2.17. The van der Waals surface area contributed by atoms with Crippen molar-refractivity contribution in [2.75, 3.05) is 7.11 Å². The highest BCUT2D eigenvalue weighted by atomic mass is 31.1. The predicted molar refractivity (Wildman–Crippen MR) is 68.7 cm³/mol. The topological polar surface area (TPSA) is 46.5 Å². The van der Waals surface area contributed by atoms with Crippen LogP contribution in [0.15, 0.2) is 60.7 Å². The summed E-state index contributed by atoms with van der Waals surface area (Å²) in [5.41, 5.74) is 2.55. The average Bonchev–Trinajstić information content (AvgIpc) is 2.41. The summed E-state index contributed by atoms with van der Waals surface area (Å²) in [5.74, 6) is 0. The summed E-state index contributed by atoms with van der Waals surface area (Å²) in [4.78, 5) is 7.65. The first-order chi connectivity index (χ1) is 8.24. The molecule has 0 spiro atoms. The van der Waals surface area contributed by atoms with E-state index in [4.69, 9.17) is 4.89 Å². The molecular formula is C13H14O3P+. The Hall–Kier alpha value is -1.54. The summed E-state index contributed by atoms with van der Waals surface area (Å²) in [6, 6.07) is 20.8. The quantitative estimate of drug-likeness (QED) is 0.826. The van der Waals surface area contributed by atoms with Crippen molar-refractivity contribution in [3.8, 4) is 11.1 Å². The van der Waals surface area contributed by atoms with Gasteiger partial charge < -0.3 is 0 Å². The molecule has 0 aliphatic rings. The second-order valence-electron chi connectivity index (χ2n) is 3.15.